The van der Waals surface area contributed by atoms with Gasteiger partial charge in [0.1, 0.15) is 11.3 Å². The van der Waals surface area contributed by atoms with Crippen LogP contribution in [0.5, 0.6) is 5.88 Å². The minimum atomic E-state index is -0.348. The Balaban J connectivity index is 1.37. The molecule has 176 valence electrons. The van der Waals surface area contributed by atoms with Crippen LogP contribution in [0.2, 0.25) is 0 Å². The Kier molecular flexibility index (Phi) is 4.47. The molecule has 0 unspecified atom stereocenters. The fourth-order valence-corrected chi connectivity index (χ4v) is 5.08. The largest absolute Gasteiger partial charge is 0.474 e. The number of ether oxygens (including phenoxy) is 2. The highest BCUT2D eigenvalue weighted by molar-refractivity contribution is 6.07. The van der Waals surface area contributed by atoms with Crippen LogP contribution in [0.15, 0.2) is 31.0 Å². The third-order valence-electron chi connectivity index (χ3n) is 6.94. The zero-order valence-electron chi connectivity index (χ0n) is 19.7. The zero-order chi connectivity index (χ0) is 23.7. The van der Waals surface area contributed by atoms with Crippen LogP contribution >= 0.6 is 0 Å². The summed E-state index contributed by atoms with van der Waals surface area (Å²) in [4.78, 5) is 27.2. The van der Waals surface area contributed by atoms with E-state index in [1.807, 2.05) is 33.2 Å². The number of hydrogen-bond acceptors (Lipinski definition) is 7. The molecule has 3 aliphatic rings. The molecule has 10 nitrogen and oxygen atoms in total. The van der Waals surface area contributed by atoms with Crippen molar-refractivity contribution < 1.29 is 14.3 Å². The fourth-order valence-electron chi connectivity index (χ4n) is 5.08. The maximum atomic E-state index is 13.4. The number of rotatable bonds is 6. The molecule has 0 aromatic carbocycles. The summed E-state index contributed by atoms with van der Waals surface area (Å²) >= 11 is 0. The topological polar surface area (TPSA) is 108 Å². The molecule has 2 bridgehead atoms. The molecule has 2 saturated heterocycles. The number of carbonyl (C=O) groups excluding carboxylic acids is 1. The number of aryl methyl sites for hydroxylation is 1. The molecule has 1 amide bonds. The number of fused-ring (bicyclic) bond motifs is 3. The Hall–Kier alpha value is -3.53. The zero-order valence-corrected chi connectivity index (χ0v) is 19.7. The first-order chi connectivity index (χ1) is 16.3. The van der Waals surface area contributed by atoms with Gasteiger partial charge in [-0.2, -0.15) is 10.1 Å². The average Bonchev–Trinajstić information content (AvgIpc) is 3.54. The van der Waals surface area contributed by atoms with Crippen LogP contribution in [0.4, 0.5) is 5.69 Å². The van der Waals surface area contributed by atoms with Crippen LogP contribution in [0.25, 0.3) is 11.4 Å². The molecule has 4 aromatic rings. The van der Waals surface area contributed by atoms with Gasteiger partial charge in [0.25, 0.3) is 5.91 Å². The quantitative estimate of drug-likeness (QED) is 0.469. The van der Waals surface area contributed by atoms with Crippen molar-refractivity contribution in [3.63, 3.8) is 0 Å². The van der Waals surface area contributed by atoms with E-state index in [-0.39, 0.29) is 28.9 Å². The Labute approximate surface area is 196 Å². The van der Waals surface area contributed by atoms with E-state index in [0.717, 1.165) is 30.5 Å². The number of hydrogen-bond donors (Lipinski definition) is 1. The molecule has 7 rings (SSSR count). The first-order valence-corrected chi connectivity index (χ1v) is 11.6. The van der Waals surface area contributed by atoms with Crippen molar-refractivity contribution in [2.24, 2.45) is 0 Å². The Morgan fingerprint density at radius 2 is 2.09 bits per heavy atom. The highest BCUT2D eigenvalue weighted by atomic mass is 16.5. The summed E-state index contributed by atoms with van der Waals surface area (Å²) in [5, 5.41) is 7.21. The van der Waals surface area contributed by atoms with Crippen molar-refractivity contribution in [1.82, 2.24) is 29.0 Å². The van der Waals surface area contributed by atoms with Crippen LogP contribution in [-0.4, -0.2) is 53.2 Å². The summed E-state index contributed by atoms with van der Waals surface area (Å²) in [5.74, 6) is 0.419. The van der Waals surface area contributed by atoms with Crippen molar-refractivity contribution in [2.75, 3.05) is 11.9 Å². The SMILES string of the molecule is CC[C@H](C)Oc1nc2nc(C34COC(C)(C3)C4)cn2cc1C(=O)Nc1cnn2cc(C)cnc12. The number of nitrogens with zero attached hydrogens (tertiary/aromatic N) is 6. The van der Waals surface area contributed by atoms with E-state index in [9.17, 15) is 4.79 Å². The second kappa shape index (κ2) is 7.23. The van der Waals surface area contributed by atoms with Crippen LogP contribution in [0.1, 0.15) is 61.6 Å². The third-order valence-corrected chi connectivity index (χ3v) is 6.94. The monoisotopic (exact) mass is 461 g/mol. The molecule has 3 fully saturated rings. The van der Waals surface area contributed by atoms with Crippen molar-refractivity contribution in [2.45, 2.75) is 64.1 Å². The summed E-state index contributed by atoms with van der Waals surface area (Å²) in [5.41, 5.74) is 3.22. The lowest BCUT2D eigenvalue weighted by atomic mass is 9.62. The van der Waals surface area contributed by atoms with E-state index in [2.05, 4.69) is 27.3 Å². The van der Waals surface area contributed by atoms with Gasteiger partial charge in [0.15, 0.2) is 5.65 Å². The molecule has 34 heavy (non-hydrogen) atoms. The normalized spacial score (nSPS) is 24.4. The van der Waals surface area contributed by atoms with Gasteiger partial charge >= 0.3 is 0 Å². The predicted molar refractivity (Wildman–Crippen MR) is 124 cm³/mol. The van der Waals surface area contributed by atoms with Crippen LogP contribution in [0.3, 0.4) is 0 Å². The standard InChI is InChI=1S/C24H27N7O3/c1-5-15(3)34-21-16(20(32)27-17-7-26-31-8-14(2)6-25-19(17)31)9-30-10-18(28-22(30)29-21)24-11-23(4,12-24)33-13-24/h6-10,15H,5,11-13H2,1-4H3,(H,27,32)/t15-,23?,24?/m0/s1. The highest BCUT2D eigenvalue weighted by Crippen LogP contribution is 2.58. The number of amides is 1. The molecule has 1 saturated carbocycles. The van der Waals surface area contributed by atoms with Gasteiger partial charge < -0.3 is 14.8 Å². The van der Waals surface area contributed by atoms with Crippen LogP contribution in [0, 0.1) is 6.92 Å². The molecular formula is C24H27N7O3. The molecule has 0 radical (unpaired) electrons. The molecule has 1 aliphatic carbocycles. The molecule has 1 N–H and O–H groups in total. The van der Waals surface area contributed by atoms with E-state index < -0.39 is 0 Å². The first kappa shape index (κ1) is 21.0. The van der Waals surface area contributed by atoms with E-state index in [1.54, 1.807) is 27.5 Å². The molecule has 2 aliphatic heterocycles. The lowest BCUT2D eigenvalue weighted by Gasteiger charge is -2.41. The fraction of sp³-hybridized carbons (Fsp3) is 0.458. The third kappa shape index (κ3) is 3.24. The first-order valence-electron chi connectivity index (χ1n) is 11.6. The minimum Gasteiger partial charge on any atom is -0.474 e. The van der Waals surface area contributed by atoms with Gasteiger partial charge in [-0.25, -0.2) is 14.5 Å². The molecule has 6 heterocycles. The van der Waals surface area contributed by atoms with Gasteiger partial charge in [-0.1, -0.05) is 6.92 Å². The number of carbonyl (C=O) groups is 1. The lowest BCUT2D eigenvalue weighted by Crippen LogP contribution is -2.45. The van der Waals surface area contributed by atoms with E-state index in [4.69, 9.17) is 14.5 Å². The minimum absolute atomic E-state index is 0.0416. The average molecular weight is 462 g/mol. The molecule has 1 atom stereocenters. The van der Waals surface area contributed by atoms with Gasteiger partial charge in [-0.05, 0) is 45.6 Å². The second-order valence-electron chi connectivity index (χ2n) is 9.91. The smallest absolute Gasteiger partial charge is 0.262 e. The number of imidazole rings is 1. The van der Waals surface area contributed by atoms with Crippen molar-refractivity contribution in [3.05, 3.63) is 47.8 Å². The van der Waals surface area contributed by atoms with E-state index >= 15 is 0 Å². The summed E-state index contributed by atoms with van der Waals surface area (Å²) < 4.78 is 15.4. The molecule has 10 heteroatoms. The Morgan fingerprint density at radius 3 is 2.82 bits per heavy atom. The van der Waals surface area contributed by atoms with Crippen LogP contribution in [-0.2, 0) is 10.2 Å². The van der Waals surface area contributed by atoms with Gasteiger partial charge in [0.2, 0.25) is 11.7 Å². The van der Waals surface area contributed by atoms with Crippen molar-refractivity contribution >= 4 is 23.0 Å². The lowest BCUT2D eigenvalue weighted by molar-refractivity contribution is 0.0154. The van der Waals surface area contributed by atoms with Gasteiger partial charge in [-0.3, -0.25) is 9.20 Å². The summed E-state index contributed by atoms with van der Waals surface area (Å²) in [6.45, 7) is 8.72. The van der Waals surface area contributed by atoms with Crippen molar-refractivity contribution in [3.8, 4) is 5.88 Å². The number of anilines is 1. The van der Waals surface area contributed by atoms with Gasteiger partial charge in [0.05, 0.1) is 30.2 Å². The van der Waals surface area contributed by atoms with Gasteiger partial charge in [0, 0.05) is 30.2 Å². The summed E-state index contributed by atoms with van der Waals surface area (Å²) in [6, 6.07) is 0. The van der Waals surface area contributed by atoms with E-state index in [0.29, 0.717) is 29.3 Å². The Bertz CT molecular complexity index is 1430. The maximum Gasteiger partial charge on any atom is 0.262 e. The summed E-state index contributed by atoms with van der Waals surface area (Å²) in [7, 11) is 0. The predicted octanol–water partition coefficient (Wildman–Crippen LogP) is 3.33. The van der Waals surface area contributed by atoms with Crippen LogP contribution < -0.4 is 10.1 Å². The highest BCUT2D eigenvalue weighted by Gasteiger charge is 2.61. The number of nitrogens with one attached hydrogen (secondary N) is 1. The molecule has 4 aromatic heterocycles. The van der Waals surface area contributed by atoms with Crippen molar-refractivity contribution in [1.29, 1.82) is 0 Å². The maximum absolute atomic E-state index is 13.4. The summed E-state index contributed by atoms with van der Waals surface area (Å²) in [6.07, 6.45) is 11.5. The molecule has 0 spiro atoms. The Morgan fingerprint density at radius 1 is 1.26 bits per heavy atom. The molecular weight excluding hydrogens is 434 g/mol. The number of aromatic nitrogens is 6. The van der Waals surface area contributed by atoms with Gasteiger partial charge in [-0.15, -0.1) is 0 Å². The second-order valence-corrected chi connectivity index (χ2v) is 9.91. The van der Waals surface area contributed by atoms with E-state index in [1.165, 1.54) is 0 Å².